The summed E-state index contributed by atoms with van der Waals surface area (Å²) in [6, 6.07) is 17.9. The molecular formula is C22H32IN5O2S. The summed E-state index contributed by atoms with van der Waals surface area (Å²) in [5.74, 6) is 0.734. The number of guanidine groups is 1. The average molecular weight is 558 g/mol. The van der Waals surface area contributed by atoms with E-state index in [4.69, 9.17) is 5.14 Å². The fourth-order valence-electron chi connectivity index (χ4n) is 3.75. The first-order chi connectivity index (χ1) is 14.3. The lowest BCUT2D eigenvalue weighted by atomic mass is 10.2. The van der Waals surface area contributed by atoms with Crippen molar-refractivity contribution in [2.75, 3.05) is 13.1 Å². The molecule has 0 bridgehead atoms. The highest BCUT2D eigenvalue weighted by molar-refractivity contribution is 14.0. The Morgan fingerprint density at radius 1 is 1.16 bits per heavy atom. The molecule has 7 nitrogen and oxygen atoms in total. The summed E-state index contributed by atoms with van der Waals surface area (Å²) < 4.78 is 23.1. The third kappa shape index (κ3) is 7.74. The van der Waals surface area contributed by atoms with Gasteiger partial charge < -0.3 is 10.6 Å². The van der Waals surface area contributed by atoms with E-state index in [9.17, 15) is 8.42 Å². The van der Waals surface area contributed by atoms with Crippen LogP contribution in [0, 0.1) is 0 Å². The third-order valence-corrected chi connectivity index (χ3v) is 6.18. The first-order valence-corrected chi connectivity index (χ1v) is 11.8. The second kappa shape index (κ2) is 11.8. The van der Waals surface area contributed by atoms with Crippen LogP contribution >= 0.6 is 24.0 Å². The standard InChI is InChI=1S/C22H31N5O2S.HI/c1-3-24-22(25-14-19-10-7-11-21(13-19)30(23,28)29)26-20-12-17(2)27(16-20)15-18-8-5-4-6-9-18;/h4-11,13,17,20H,3,12,14-16H2,1-2H3,(H2,23,28,29)(H2,24,25,26);1H. The molecular weight excluding hydrogens is 525 g/mol. The summed E-state index contributed by atoms with van der Waals surface area (Å²) >= 11 is 0. The molecule has 1 aliphatic rings. The van der Waals surface area contributed by atoms with E-state index < -0.39 is 10.0 Å². The van der Waals surface area contributed by atoms with Gasteiger partial charge in [-0.3, -0.25) is 4.90 Å². The molecule has 0 aliphatic carbocycles. The number of likely N-dealkylation sites (tertiary alicyclic amines) is 1. The molecule has 2 aromatic carbocycles. The maximum absolute atomic E-state index is 11.6. The summed E-state index contributed by atoms with van der Waals surface area (Å²) in [5.41, 5.74) is 2.12. The predicted molar refractivity (Wildman–Crippen MR) is 136 cm³/mol. The molecule has 31 heavy (non-hydrogen) atoms. The molecule has 9 heteroatoms. The van der Waals surface area contributed by atoms with Crippen molar-refractivity contribution in [1.82, 2.24) is 15.5 Å². The molecule has 1 saturated heterocycles. The Bertz CT molecular complexity index is 969. The van der Waals surface area contributed by atoms with Crippen LogP contribution in [0.5, 0.6) is 0 Å². The van der Waals surface area contributed by atoms with Crippen LogP contribution < -0.4 is 15.8 Å². The number of aliphatic imine (C=N–C) groups is 1. The largest absolute Gasteiger partial charge is 0.357 e. The van der Waals surface area contributed by atoms with Crippen molar-refractivity contribution in [3.8, 4) is 0 Å². The summed E-state index contributed by atoms with van der Waals surface area (Å²) in [6.45, 7) is 7.29. The van der Waals surface area contributed by atoms with E-state index in [0.717, 1.165) is 37.6 Å². The SMILES string of the molecule is CCNC(=NCc1cccc(S(N)(=O)=O)c1)NC1CC(C)N(Cc2ccccc2)C1.I. The number of nitrogens with one attached hydrogen (secondary N) is 2. The Balaban J connectivity index is 0.00000341. The van der Waals surface area contributed by atoms with Crippen molar-refractivity contribution in [3.05, 3.63) is 65.7 Å². The van der Waals surface area contributed by atoms with Gasteiger partial charge >= 0.3 is 0 Å². The molecule has 0 saturated carbocycles. The quantitative estimate of drug-likeness (QED) is 0.276. The van der Waals surface area contributed by atoms with E-state index in [-0.39, 0.29) is 28.9 Å². The Labute approximate surface area is 202 Å². The average Bonchev–Trinajstić information content (AvgIpc) is 3.05. The van der Waals surface area contributed by atoms with Gasteiger partial charge in [-0.05, 0) is 43.5 Å². The zero-order chi connectivity index (χ0) is 21.6. The molecule has 0 radical (unpaired) electrons. The normalized spacial score (nSPS) is 19.6. The van der Waals surface area contributed by atoms with Crippen LogP contribution in [0.3, 0.4) is 0 Å². The summed E-state index contributed by atoms with van der Waals surface area (Å²) in [4.78, 5) is 7.23. The van der Waals surface area contributed by atoms with Crippen LogP contribution in [0.1, 0.15) is 31.4 Å². The van der Waals surface area contributed by atoms with Crippen LogP contribution in [0.2, 0.25) is 0 Å². The molecule has 2 aromatic rings. The highest BCUT2D eigenvalue weighted by Gasteiger charge is 2.29. The maximum Gasteiger partial charge on any atom is 0.238 e. The number of rotatable bonds is 7. The van der Waals surface area contributed by atoms with Gasteiger partial charge in [0.2, 0.25) is 10.0 Å². The second-order valence-corrected chi connectivity index (χ2v) is 9.29. The number of sulfonamides is 1. The lowest BCUT2D eigenvalue weighted by Crippen LogP contribution is -2.44. The van der Waals surface area contributed by atoms with Crippen LogP contribution in [-0.2, 0) is 23.1 Å². The molecule has 2 unspecified atom stereocenters. The highest BCUT2D eigenvalue weighted by Crippen LogP contribution is 2.20. The fourth-order valence-corrected chi connectivity index (χ4v) is 4.33. The van der Waals surface area contributed by atoms with E-state index >= 15 is 0 Å². The van der Waals surface area contributed by atoms with Crippen molar-refractivity contribution in [1.29, 1.82) is 0 Å². The van der Waals surface area contributed by atoms with Crippen LogP contribution in [0.25, 0.3) is 0 Å². The van der Waals surface area contributed by atoms with Gasteiger partial charge in [0.1, 0.15) is 0 Å². The van der Waals surface area contributed by atoms with Crippen molar-refractivity contribution in [3.63, 3.8) is 0 Å². The minimum atomic E-state index is -3.72. The van der Waals surface area contributed by atoms with Crippen LogP contribution in [0.4, 0.5) is 0 Å². The van der Waals surface area contributed by atoms with E-state index in [1.807, 2.05) is 19.1 Å². The minimum absolute atomic E-state index is 0. The van der Waals surface area contributed by atoms with Crippen molar-refractivity contribution >= 4 is 40.0 Å². The molecule has 3 rings (SSSR count). The Morgan fingerprint density at radius 3 is 2.55 bits per heavy atom. The van der Waals surface area contributed by atoms with Crippen LogP contribution in [0.15, 0.2) is 64.5 Å². The molecule has 4 N–H and O–H groups in total. The molecule has 0 amide bonds. The van der Waals surface area contributed by atoms with Gasteiger partial charge in [0.25, 0.3) is 0 Å². The summed E-state index contributed by atoms with van der Waals surface area (Å²) in [7, 11) is -3.72. The van der Waals surface area contributed by atoms with Gasteiger partial charge in [-0.15, -0.1) is 24.0 Å². The van der Waals surface area contributed by atoms with E-state index in [2.05, 4.69) is 51.7 Å². The number of benzene rings is 2. The van der Waals surface area contributed by atoms with Gasteiger partial charge in [0, 0.05) is 31.7 Å². The van der Waals surface area contributed by atoms with E-state index in [1.165, 1.54) is 11.6 Å². The number of primary sulfonamides is 1. The number of hydrogen-bond donors (Lipinski definition) is 3. The maximum atomic E-state index is 11.6. The van der Waals surface area contributed by atoms with E-state index in [1.54, 1.807) is 12.1 Å². The first-order valence-electron chi connectivity index (χ1n) is 10.3. The van der Waals surface area contributed by atoms with Crippen molar-refractivity contribution < 1.29 is 8.42 Å². The lowest BCUT2D eigenvalue weighted by molar-refractivity contribution is 0.258. The second-order valence-electron chi connectivity index (χ2n) is 7.73. The zero-order valence-corrected chi connectivity index (χ0v) is 21.1. The van der Waals surface area contributed by atoms with Crippen molar-refractivity contribution in [2.45, 2.75) is 50.3 Å². The van der Waals surface area contributed by atoms with E-state index in [0.29, 0.717) is 18.6 Å². The fraction of sp³-hybridized carbons (Fsp3) is 0.409. The molecule has 2 atom stereocenters. The minimum Gasteiger partial charge on any atom is -0.357 e. The van der Waals surface area contributed by atoms with Gasteiger partial charge in [-0.2, -0.15) is 0 Å². The van der Waals surface area contributed by atoms with Gasteiger partial charge in [-0.25, -0.2) is 18.5 Å². The number of halogens is 1. The summed E-state index contributed by atoms with van der Waals surface area (Å²) in [6.07, 6.45) is 1.04. The zero-order valence-electron chi connectivity index (χ0n) is 18.0. The topological polar surface area (TPSA) is 99.8 Å². The predicted octanol–water partition coefficient (Wildman–Crippen LogP) is 2.67. The van der Waals surface area contributed by atoms with Gasteiger partial charge in [0.05, 0.1) is 11.4 Å². The number of hydrogen-bond acceptors (Lipinski definition) is 4. The van der Waals surface area contributed by atoms with Gasteiger partial charge in [0.15, 0.2) is 5.96 Å². The molecule has 1 heterocycles. The highest BCUT2D eigenvalue weighted by atomic mass is 127. The molecule has 0 aromatic heterocycles. The third-order valence-electron chi connectivity index (χ3n) is 5.26. The molecule has 1 aliphatic heterocycles. The number of nitrogens with two attached hydrogens (primary N) is 1. The Morgan fingerprint density at radius 2 is 1.87 bits per heavy atom. The number of nitrogens with zero attached hydrogens (tertiary/aromatic N) is 2. The molecule has 0 spiro atoms. The lowest BCUT2D eigenvalue weighted by Gasteiger charge is -2.21. The smallest absolute Gasteiger partial charge is 0.238 e. The Hall–Kier alpha value is -1.69. The summed E-state index contributed by atoms with van der Waals surface area (Å²) in [5, 5.41) is 12.0. The van der Waals surface area contributed by atoms with Crippen molar-refractivity contribution in [2.24, 2.45) is 10.1 Å². The van der Waals surface area contributed by atoms with Crippen LogP contribution in [-0.4, -0.2) is 44.5 Å². The molecule has 1 fully saturated rings. The van der Waals surface area contributed by atoms with Gasteiger partial charge in [-0.1, -0.05) is 42.5 Å². The first kappa shape index (κ1) is 25.6. The monoisotopic (exact) mass is 557 g/mol. The Kier molecular flexibility index (Phi) is 9.73. The molecule has 170 valence electrons.